The van der Waals surface area contributed by atoms with Gasteiger partial charge in [-0.25, -0.2) is 4.79 Å². The van der Waals surface area contributed by atoms with Crippen molar-refractivity contribution in [2.45, 2.75) is 44.8 Å². The second kappa shape index (κ2) is 7.11. The highest BCUT2D eigenvalue weighted by molar-refractivity contribution is 6.03. The second-order valence-corrected chi connectivity index (χ2v) is 6.57. The van der Waals surface area contributed by atoms with Crippen molar-refractivity contribution >= 4 is 11.8 Å². The third kappa shape index (κ3) is 3.47. The molecule has 130 valence electrons. The number of hydrogen-bond donors (Lipinski definition) is 1. The van der Waals surface area contributed by atoms with Crippen LogP contribution in [0.3, 0.4) is 0 Å². The van der Waals surface area contributed by atoms with Crippen LogP contribution in [0.25, 0.3) is 0 Å². The SMILES string of the molecule is CC1ON=C(c2ccc(O)cc2)C1COC(=O)N(C)C1CCCC1. The van der Waals surface area contributed by atoms with Gasteiger partial charge in [-0.2, -0.15) is 0 Å². The zero-order valence-electron chi connectivity index (χ0n) is 14.1. The molecule has 0 radical (unpaired) electrons. The summed E-state index contributed by atoms with van der Waals surface area (Å²) in [5, 5.41) is 13.5. The molecule has 3 rings (SSSR count). The molecule has 1 N–H and O–H groups in total. The number of phenolic OH excluding ortho intramolecular Hbond substituents is 1. The lowest BCUT2D eigenvalue weighted by Gasteiger charge is -2.25. The summed E-state index contributed by atoms with van der Waals surface area (Å²) in [6.07, 6.45) is 4.01. The Morgan fingerprint density at radius 2 is 2.00 bits per heavy atom. The van der Waals surface area contributed by atoms with Crippen LogP contribution < -0.4 is 0 Å². The lowest BCUT2D eigenvalue weighted by Crippen LogP contribution is -2.37. The second-order valence-electron chi connectivity index (χ2n) is 6.57. The quantitative estimate of drug-likeness (QED) is 0.919. The number of ether oxygens (including phenoxy) is 1. The smallest absolute Gasteiger partial charge is 0.409 e. The van der Waals surface area contributed by atoms with E-state index in [0.717, 1.165) is 24.1 Å². The summed E-state index contributed by atoms with van der Waals surface area (Å²) in [5.41, 5.74) is 1.61. The van der Waals surface area contributed by atoms with Gasteiger partial charge >= 0.3 is 6.09 Å². The zero-order valence-corrected chi connectivity index (χ0v) is 14.1. The fourth-order valence-electron chi connectivity index (χ4n) is 3.32. The van der Waals surface area contributed by atoms with Crippen molar-refractivity contribution in [2.24, 2.45) is 11.1 Å². The van der Waals surface area contributed by atoms with Crippen LogP contribution in [0.1, 0.15) is 38.2 Å². The van der Waals surface area contributed by atoms with E-state index in [1.54, 1.807) is 29.2 Å². The molecular formula is C18H24N2O4. The Morgan fingerprint density at radius 1 is 1.33 bits per heavy atom. The molecule has 0 spiro atoms. The van der Waals surface area contributed by atoms with Crippen molar-refractivity contribution in [1.82, 2.24) is 4.90 Å². The van der Waals surface area contributed by atoms with Gasteiger partial charge < -0.3 is 19.6 Å². The summed E-state index contributed by atoms with van der Waals surface area (Å²) >= 11 is 0. The van der Waals surface area contributed by atoms with E-state index in [9.17, 15) is 9.90 Å². The Kier molecular flexibility index (Phi) is 4.92. The lowest BCUT2D eigenvalue weighted by atomic mass is 9.94. The Labute approximate surface area is 142 Å². The monoisotopic (exact) mass is 332 g/mol. The van der Waals surface area contributed by atoms with Gasteiger partial charge in [0.25, 0.3) is 0 Å². The average Bonchev–Trinajstić information content (AvgIpc) is 3.23. The largest absolute Gasteiger partial charge is 0.508 e. The summed E-state index contributed by atoms with van der Waals surface area (Å²) in [5.74, 6) is 0.0861. The highest BCUT2D eigenvalue weighted by atomic mass is 16.6. The van der Waals surface area contributed by atoms with E-state index in [1.807, 2.05) is 14.0 Å². The van der Waals surface area contributed by atoms with Crippen LogP contribution in [-0.2, 0) is 9.57 Å². The van der Waals surface area contributed by atoms with Crippen molar-refractivity contribution in [2.75, 3.05) is 13.7 Å². The molecule has 24 heavy (non-hydrogen) atoms. The minimum atomic E-state index is -0.286. The molecule has 2 atom stereocenters. The van der Waals surface area contributed by atoms with Gasteiger partial charge in [0, 0.05) is 18.7 Å². The van der Waals surface area contributed by atoms with Crippen LogP contribution >= 0.6 is 0 Å². The first-order valence-corrected chi connectivity index (χ1v) is 8.49. The molecule has 1 aliphatic heterocycles. The Balaban J connectivity index is 1.61. The van der Waals surface area contributed by atoms with Gasteiger partial charge in [0.15, 0.2) is 0 Å². The molecule has 0 bridgehead atoms. The molecule has 1 aliphatic carbocycles. The van der Waals surface area contributed by atoms with Gasteiger partial charge in [-0.15, -0.1) is 0 Å². The number of nitrogens with zero attached hydrogens (tertiary/aromatic N) is 2. The number of carbonyl (C=O) groups excluding carboxylic acids is 1. The summed E-state index contributed by atoms with van der Waals surface area (Å²) in [6.45, 7) is 2.15. The van der Waals surface area contributed by atoms with E-state index in [2.05, 4.69) is 5.16 Å². The lowest BCUT2D eigenvalue weighted by molar-refractivity contribution is 0.0423. The molecule has 1 aromatic carbocycles. The van der Waals surface area contributed by atoms with Crippen molar-refractivity contribution in [3.05, 3.63) is 29.8 Å². The molecule has 1 saturated carbocycles. The van der Waals surface area contributed by atoms with E-state index < -0.39 is 0 Å². The van der Waals surface area contributed by atoms with Gasteiger partial charge in [-0.3, -0.25) is 0 Å². The predicted molar refractivity (Wildman–Crippen MR) is 90.0 cm³/mol. The molecule has 0 saturated heterocycles. The van der Waals surface area contributed by atoms with Crippen LogP contribution in [-0.4, -0.2) is 47.6 Å². The summed E-state index contributed by atoms with van der Waals surface area (Å²) in [4.78, 5) is 19.4. The topological polar surface area (TPSA) is 71.4 Å². The molecule has 2 aliphatic rings. The fourth-order valence-corrected chi connectivity index (χ4v) is 3.32. The molecule has 2 unspecified atom stereocenters. The van der Waals surface area contributed by atoms with E-state index in [-0.39, 0.29) is 30.5 Å². The Morgan fingerprint density at radius 3 is 2.67 bits per heavy atom. The van der Waals surface area contributed by atoms with Crippen molar-refractivity contribution < 1.29 is 19.5 Å². The van der Waals surface area contributed by atoms with E-state index in [0.29, 0.717) is 6.04 Å². The van der Waals surface area contributed by atoms with Crippen molar-refractivity contribution in [1.29, 1.82) is 0 Å². The third-order valence-corrected chi connectivity index (χ3v) is 4.95. The summed E-state index contributed by atoms with van der Waals surface area (Å²) in [6, 6.07) is 7.08. The number of hydrogen-bond acceptors (Lipinski definition) is 5. The van der Waals surface area contributed by atoms with Crippen LogP contribution in [0.5, 0.6) is 5.75 Å². The number of carbonyl (C=O) groups is 1. The van der Waals surface area contributed by atoms with E-state index in [1.165, 1.54) is 12.8 Å². The first-order chi connectivity index (χ1) is 11.6. The van der Waals surface area contributed by atoms with Crippen molar-refractivity contribution in [3.8, 4) is 5.75 Å². The van der Waals surface area contributed by atoms with Crippen LogP contribution in [0, 0.1) is 5.92 Å². The van der Waals surface area contributed by atoms with Crippen molar-refractivity contribution in [3.63, 3.8) is 0 Å². The highest BCUT2D eigenvalue weighted by Crippen LogP contribution is 2.26. The average molecular weight is 332 g/mol. The number of oxime groups is 1. The minimum Gasteiger partial charge on any atom is -0.508 e. The Hall–Kier alpha value is -2.24. The fraction of sp³-hybridized carbons (Fsp3) is 0.556. The van der Waals surface area contributed by atoms with E-state index in [4.69, 9.17) is 9.57 Å². The molecular weight excluding hydrogens is 308 g/mol. The third-order valence-electron chi connectivity index (χ3n) is 4.95. The Bertz CT molecular complexity index is 608. The van der Waals surface area contributed by atoms with Gasteiger partial charge in [0.05, 0.1) is 11.6 Å². The highest BCUT2D eigenvalue weighted by Gasteiger charge is 2.34. The van der Waals surface area contributed by atoms with Gasteiger partial charge in [0.2, 0.25) is 0 Å². The van der Waals surface area contributed by atoms with Crippen LogP contribution in [0.15, 0.2) is 29.4 Å². The van der Waals surface area contributed by atoms with Gasteiger partial charge in [0.1, 0.15) is 18.5 Å². The predicted octanol–water partition coefficient (Wildman–Crippen LogP) is 3.14. The van der Waals surface area contributed by atoms with Crippen LogP contribution in [0.2, 0.25) is 0 Å². The first kappa shape index (κ1) is 16.6. The normalized spacial score (nSPS) is 23.7. The number of phenols is 1. The minimum absolute atomic E-state index is 0.115. The van der Waals surface area contributed by atoms with Gasteiger partial charge in [-0.05, 0) is 44.0 Å². The molecule has 6 nitrogen and oxygen atoms in total. The number of aromatic hydroxyl groups is 1. The maximum atomic E-state index is 12.3. The van der Waals surface area contributed by atoms with E-state index >= 15 is 0 Å². The number of benzene rings is 1. The summed E-state index contributed by atoms with van der Waals surface area (Å²) in [7, 11) is 1.81. The van der Waals surface area contributed by atoms with Gasteiger partial charge in [-0.1, -0.05) is 18.0 Å². The number of rotatable bonds is 4. The maximum Gasteiger partial charge on any atom is 0.409 e. The molecule has 1 heterocycles. The van der Waals surface area contributed by atoms with Crippen LogP contribution in [0.4, 0.5) is 4.79 Å². The molecule has 6 heteroatoms. The first-order valence-electron chi connectivity index (χ1n) is 8.49. The molecule has 1 aromatic rings. The summed E-state index contributed by atoms with van der Waals surface area (Å²) < 4.78 is 5.52. The standard InChI is InChI=1S/C18H24N2O4/c1-12-16(11-23-18(22)20(2)14-5-3-4-6-14)17(19-24-12)13-7-9-15(21)10-8-13/h7-10,12,14,16,21H,3-6,11H2,1-2H3. The molecule has 1 fully saturated rings. The maximum absolute atomic E-state index is 12.3. The molecule has 0 aromatic heterocycles. The molecule has 1 amide bonds. The zero-order chi connectivity index (χ0) is 17.1. The number of amides is 1.